The van der Waals surface area contributed by atoms with Crippen LogP contribution in [0.15, 0.2) is 5.51 Å². The normalized spacial score (nSPS) is 17.5. The van der Waals surface area contributed by atoms with Crippen LogP contribution < -0.4 is 5.32 Å². The molecule has 0 spiro atoms. The van der Waals surface area contributed by atoms with Crippen LogP contribution in [0.1, 0.15) is 54.7 Å². The predicted molar refractivity (Wildman–Crippen MR) is 74.6 cm³/mol. The fraction of sp³-hybridized carbons (Fsp3) is 0.615. The summed E-state index contributed by atoms with van der Waals surface area (Å²) in [4.78, 5) is 17.6. The number of fused-ring (bicyclic) bond motifs is 1. The van der Waals surface area contributed by atoms with Gasteiger partial charge in [0.2, 0.25) is 4.96 Å². The third-order valence-corrected chi connectivity index (χ3v) is 4.40. The molecule has 0 aliphatic heterocycles. The number of aromatic nitrogens is 3. The molecule has 2 heterocycles. The van der Waals surface area contributed by atoms with Crippen molar-refractivity contribution < 1.29 is 4.79 Å². The van der Waals surface area contributed by atoms with Gasteiger partial charge in [0.1, 0.15) is 5.51 Å². The Morgan fingerprint density at radius 1 is 1.37 bits per heavy atom. The summed E-state index contributed by atoms with van der Waals surface area (Å²) in [6.07, 6.45) is 7.17. The van der Waals surface area contributed by atoms with Gasteiger partial charge in [0.05, 0.1) is 5.69 Å². The number of carbonyl (C=O) groups is 1. The molecule has 1 aliphatic carbocycles. The number of imidazole rings is 1. The van der Waals surface area contributed by atoms with E-state index in [4.69, 9.17) is 0 Å². The van der Waals surface area contributed by atoms with E-state index in [0.29, 0.717) is 11.7 Å². The average Bonchev–Trinajstić information content (AvgIpc) is 2.81. The standard InChI is InChI=1S/C13H18N4OS/c1-9-11(17-13(15-9)19-8-14-17)12(18)16-10-6-4-2-3-5-7-10/h8,10H,2-7H2,1H3,(H,16,18). The van der Waals surface area contributed by atoms with E-state index in [0.717, 1.165) is 23.5 Å². The monoisotopic (exact) mass is 278 g/mol. The van der Waals surface area contributed by atoms with Crippen LogP contribution >= 0.6 is 11.3 Å². The number of carbonyl (C=O) groups excluding carboxylic acids is 1. The summed E-state index contributed by atoms with van der Waals surface area (Å²) in [6.45, 7) is 1.86. The molecule has 19 heavy (non-hydrogen) atoms. The lowest BCUT2D eigenvalue weighted by atomic mass is 10.1. The Morgan fingerprint density at radius 3 is 2.84 bits per heavy atom. The third-order valence-electron chi connectivity index (χ3n) is 3.73. The molecule has 1 amide bonds. The van der Waals surface area contributed by atoms with Gasteiger partial charge in [-0.05, 0) is 19.8 Å². The van der Waals surface area contributed by atoms with E-state index in [1.807, 2.05) is 6.92 Å². The molecule has 3 rings (SSSR count). The highest BCUT2D eigenvalue weighted by Gasteiger charge is 2.21. The Balaban J connectivity index is 1.79. The number of aryl methyl sites for hydroxylation is 1. The molecular weight excluding hydrogens is 260 g/mol. The van der Waals surface area contributed by atoms with E-state index in [1.54, 1.807) is 10.0 Å². The van der Waals surface area contributed by atoms with E-state index >= 15 is 0 Å². The highest BCUT2D eigenvalue weighted by atomic mass is 32.1. The summed E-state index contributed by atoms with van der Waals surface area (Å²) < 4.78 is 1.64. The Bertz CT molecular complexity index is 580. The number of hydrogen-bond donors (Lipinski definition) is 1. The average molecular weight is 278 g/mol. The number of hydrogen-bond acceptors (Lipinski definition) is 4. The lowest BCUT2D eigenvalue weighted by Gasteiger charge is -2.15. The quantitative estimate of drug-likeness (QED) is 0.859. The van der Waals surface area contributed by atoms with Gasteiger partial charge >= 0.3 is 0 Å². The van der Waals surface area contributed by atoms with Crippen molar-refractivity contribution in [3.05, 3.63) is 16.9 Å². The number of amides is 1. The number of nitrogens with zero attached hydrogens (tertiary/aromatic N) is 3. The molecular formula is C13H18N4OS. The number of rotatable bonds is 2. The van der Waals surface area contributed by atoms with Crippen molar-refractivity contribution in [2.75, 3.05) is 0 Å². The highest BCUT2D eigenvalue weighted by molar-refractivity contribution is 7.14. The number of nitrogens with one attached hydrogen (secondary N) is 1. The van der Waals surface area contributed by atoms with E-state index in [2.05, 4.69) is 15.4 Å². The maximum Gasteiger partial charge on any atom is 0.272 e. The molecule has 6 heteroatoms. The highest BCUT2D eigenvalue weighted by Crippen LogP contribution is 2.19. The second-order valence-corrected chi connectivity index (χ2v) is 5.95. The Labute approximate surface area is 116 Å². The van der Waals surface area contributed by atoms with Crippen LogP contribution in [-0.2, 0) is 0 Å². The maximum absolute atomic E-state index is 12.4. The van der Waals surface area contributed by atoms with Gasteiger partial charge in [-0.3, -0.25) is 4.79 Å². The lowest BCUT2D eigenvalue weighted by Crippen LogP contribution is -2.35. The molecule has 0 bridgehead atoms. The van der Waals surface area contributed by atoms with E-state index in [1.165, 1.54) is 37.0 Å². The van der Waals surface area contributed by atoms with Crippen molar-refractivity contribution in [1.82, 2.24) is 19.9 Å². The molecule has 0 saturated heterocycles. The van der Waals surface area contributed by atoms with Gasteiger partial charge in [0.25, 0.3) is 5.91 Å². The molecule has 5 nitrogen and oxygen atoms in total. The molecule has 2 aromatic heterocycles. The molecule has 1 N–H and O–H groups in total. The second-order valence-electron chi connectivity index (χ2n) is 5.14. The zero-order chi connectivity index (χ0) is 13.2. The van der Waals surface area contributed by atoms with Crippen molar-refractivity contribution in [3.63, 3.8) is 0 Å². The lowest BCUT2D eigenvalue weighted by molar-refractivity contribution is 0.0925. The molecule has 0 unspecified atom stereocenters. The Hall–Kier alpha value is -1.43. The Kier molecular flexibility index (Phi) is 3.50. The van der Waals surface area contributed by atoms with Crippen LogP contribution in [0.5, 0.6) is 0 Å². The summed E-state index contributed by atoms with van der Waals surface area (Å²) in [5.41, 5.74) is 3.05. The van der Waals surface area contributed by atoms with Gasteiger partial charge in [-0.25, -0.2) is 4.98 Å². The summed E-state index contributed by atoms with van der Waals surface area (Å²) in [5, 5.41) is 7.33. The topological polar surface area (TPSA) is 59.3 Å². The van der Waals surface area contributed by atoms with E-state index < -0.39 is 0 Å². The van der Waals surface area contributed by atoms with Gasteiger partial charge in [0, 0.05) is 6.04 Å². The molecule has 0 aromatic carbocycles. The molecule has 102 valence electrons. The Morgan fingerprint density at radius 2 is 2.11 bits per heavy atom. The van der Waals surface area contributed by atoms with Crippen LogP contribution in [0.3, 0.4) is 0 Å². The van der Waals surface area contributed by atoms with Gasteiger partial charge in [-0.1, -0.05) is 37.0 Å². The summed E-state index contributed by atoms with van der Waals surface area (Å²) in [5.74, 6) is -0.0391. The van der Waals surface area contributed by atoms with Crippen molar-refractivity contribution in [2.24, 2.45) is 0 Å². The molecule has 2 aromatic rings. The van der Waals surface area contributed by atoms with Gasteiger partial charge in [-0.15, -0.1) is 0 Å². The predicted octanol–water partition coefficient (Wildman–Crippen LogP) is 2.55. The van der Waals surface area contributed by atoms with Crippen molar-refractivity contribution >= 4 is 22.2 Å². The van der Waals surface area contributed by atoms with Crippen LogP contribution in [0, 0.1) is 6.92 Å². The van der Waals surface area contributed by atoms with Crippen LogP contribution in [0.2, 0.25) is 0 Å². The van der Waals surface area contributed by atoms with Crippen LogP contribution in [0.25, 0.3) is 4.96 Å². The zero-order valence-corrected chi connectivity index (χ0v) is 11.9. The van der Waals surface area contributed by atoms with Crippen LogP contribution in [0.4, 0.5) is 0 Å². The molecule has 0 atom stereocenters. The largest absolute Gasteiger partial charge is 0.348 e. The first-order chi connectivity index (χ1) is 9.25. The molecule has 1 fully saturated rings. The fourth-order valence-corrected chi connectivity index (χ4v) is 3.40. The minimum atomic E-state index is -0.0391. The van der Waals surface area contributed by atoms with Crippen LogP contribution in [-0.4, -0.2) is 26.5 Å². The van der Waals surface area contributed by atoms with E-state index in [9.17, 15) is 4.79 Å². The summed E-state index contributed by atoms with van der Waals surface area (Å²) in [7, 11) is 0. The minimum Gasteiger partial charge on any atom is -0.348 e. The van der Waals surface area contributed by atoms with Crippen molar-refractivity contribution in [3.8, 4) is 0 Å². The first kappa shape index (κ1) is 12.6. The minimum absolute atomic E-state index is 0.0391. The molecule has 0 radical (unpaired) electrons. The molecule has 1 aliphatic rings. The SMILES string of the molecule is Cc1nc2scnn2c1C(=O)NC1CCCCCC1. The first-order valence-corrected chi connectivity index (χ1v) is 7.73. The fourth-order valence-electron chi connectivity index (χ4n) is 2.73. The van der Waals surface area contributed by atoms with E-state index in [-0.39, 0.29) is 5.91 Å². The summed E-state index contributed by atoms with van der Waals surface area (Å²) in [6, 6.07) is 0.304. The summed E-state index contributed by atoms with van der Waals surface area (Å²) >= 11 is 1.45. The molecule has 1 saturated carbocycles. The van der Waals surface area contributed by atoms with Gasteiger partial charge in [0.15, 0.2) is 5.69 Å². The van der Waals surface area contributed by atoms with Gasteiger partial charge < -0.3 is 5.32 Å². The first-order valence-electron chi connectivity index (χ1n) is 6.85. The van der Waals surface area contributed by atoms with Crippen molar-refractivity contribution in [2.45, 2.75) is 51.5 Å². The van der Waals surface area contributed by atoms with Gasteiger partial charge in [-0.2, -0.15) is 9.61 Å². The third kappa shape index (κ3) is 2.49. The van der Waals surface area contributed by atoms with Crippen molar-refractivity contribution in [1.29, 1.82) is 0 Å². The zero-order valence-electron chi connectivity index (χ0n) is 11.1. The smallest absolute Gasteiger partial charge is 0.272 e. The second kappa shape index (κ2) is 5.28. The maximum atomic E-state index is 12.4.